The van der Waals surface area contributed by atoms with Crippen LogP contribution in [0.1, 0.15) is 30.0 Å². The van der Waals surface area contributed by atoms with E-state index < -0.39 is 16.1 Å². The van der Waals surface area contributed by atoms with E-state index in [-0.39, 0.29) is 10.8 Å². The second kappa shape index (κ2) is 11.5. The number of nitrogens with one attached hydrogen (secondary N) is 2. The van der Waals surface area contributed by atoms with Crippen LogP contribution in [0.3, 0.4) is 0 Å². The second-order valence-corrected chi connectivity index (χ2v) is 10.0. The number of thioether (sulfide) groups is 1. The Kier molecular flexibility index (Phi) is 9.43. The molecule has 1 heterocycles. The van der Waals surface area contributed by atoms with Crippen molar-refractivity contribution < 1.29 is 13.2 Å². The van der Waals surface area contributed by atoms with E-state index in [1.807, 2.05) is 18.6 Å². The zero-order valence-corrected chi connectivity index (χ0v) is 18.6. The Hall–Kier alpha value is -1.42. The number of rotatable bonds is 12. The summed E-state index contributed by atoms with van der Waals surface area (Å²) in [5.41, 5.74) is 1.04. The Labute approximate surface area is 175 Å². The molecule has 1 amide bonds. The van der Waals surface area contributed by atoms with Crippen LogP contribution in [0.15, 0.2) is 40.6 Å². The van der Waals surface area contributed by atoms with Crippen molar-refractivity contribution in [2.24, 2.45) is 0 Å². The first-order chi connectivity index (χ1) is 13.4. The van der Waals surface area contributed by atoms with E-state index in [0.29, 0.717) is 18.7 Å². The fourth-order valence-electron chi connectivity index (χ4n) is 2.59. The summed E-state index contributed by atoms with van der Waals surface area (Å²) in [6.07, 6.45) is 5.02. The van der Waals surface area contributed by atoms with Gasteiger partial charge in [0.05, 0.1) is 9.90 Å². The zero-order chi connectivity index (χ0) is 20.4. The Bertz CT molecular complexity index is 838. The SMILES string of the molecule is CSCCC(NS(=O)(=O)c1ccccc1)C(=O)NCCCCc1nc(C)cs1. The quantitative estimate of drug-likeness (QED) is 0.495. The van der Waals surface area contributed by atoms with Crippen LogP contribution >= 0.6 is 23.1 Å². The van der Waals surface area contributed by atoms with Gasteiger partial charge < -0.3 is 5.32 Å². The molecule has 6 nitrogen and oxygen atoms in total. The summed E-state index contributed by atoms with van der Waals surface area (Å²) < 4.78 is 27.6. The summed E-state index contributed by atoms with van der Waals surface area (Å²) in [5, 5.41) is 6.01. The Morgan fingerprint density at radius 2 is 2.00 bits per heavy atom. The lowest BCUT2D eigenvalue weighted by molar-refractivity contribution is -0.122. The molecule has 0 saturated heterocycles. The predicted molar refractivity (Wildman–Crippen MR) is 116 cm³/mol. The summed E-state index contributed by atoms with van der Waals surface area (Å²) >= 11 is 3.23. The van der Waals surface area contributed by atoms with Crippen molar-refractivity contribution in [1.82, 2.24) is 15.0 Å². The highest BCUT2D eigenvalue weighted by Crippen LogP contribution is 2.12. The van der Waals surface area contributed by atoms with Gasteiger partial charge in [-0.25, -0.2) is 13.4 Å². The molecule has 1 unspecified atom stereocenters. The number of sulfonamides is 1. The largest absolute Gasteiger partial charge is 0.355 e. The van der Waals surface area contributed by atoms with Crippen molar-refractivity contribution in [3.05, 3.63) is 46.4 Å². The molecule has 154 valence electrons. The number of benzene rings is 1. The fraction of sp³-hybridized carbons (Fsp3) is 0.474. The van der Waals surface area contributed by atoms with E-state index in [9.17, 15) is 13.2 Å². The molecule has 0 spiro atoms. The van der Waals surface area contributed by atoms with E-state index in [0.717, 1.165) is 30.0 Å². The van der Waals surface area contributed by atoms with Gasteiger partial charge in [0, 0.05) is 17.6 Å². The fourth-order valence-corrected chi connectivity index (χ4v) is 5.13. The molecular weight excluding hydrogens is 414 g/mol. The number of amides is 1. The molecule has 0 bridgehead atoms. The number of carbonyl (C=O) groups is 1. The molecule has 2 N–H and O–H groups in total. The van der Waals surface area contributed by atoms with Gasteiger partial charge in [-0.15, -0.1) is 11.3 Å². The van der Waals surface area contributed by atoms with Gasteiger partial charge in [0.2, 0.25) is 15.9 Å². The Morgan fingerprint density at radius 3 is 2.64 bits per heavy atom. The van der Waals surface area contributed by atoms with Gasteiger partial charge in [-0.2, -0.15) is 16.5 Å². The first kappa shape index (κ1) is 22.9. The highest BCUT2D eigenvalue weighted by molar-refractivity contribution is 7.98. The lowest BCUT2D eigenvalue weighted by Crippen LogP contribution is -2.47. The minimum atomic E-state index is -3.73. The number of thiazole rings is 1. The van der Waals surface area contributed by atoms with E-state index >= 15 is 0 Å². The highest BCUT2D eigenvalue weighted by Gasteiger charge is 2.25. The van der Waals surface area contributed by atoms with Crippen molar-refractivity contribution in [3.8, 4) is 0 Å². The Morgan fingerprint density at radius 1 is 1.25 bits per heavy atom. The lowest BCUT2D eigenvalue weighted by atomic mass is 10.2. The van der Waals surface area contributed by atoms with Crippen LogP contribution < -0.4 is 10.0 Å². The van der Waals surface area contributed by atoms with E-state index in [1.54, 1.807) is 41.3 Å². The van der Waals surface area contributed by atoms with Crippen molar-refractivity contribution in [2.75, 3.05) is 18.6 Å². The minimum Gasteiger partial charge on any atom is -0.355 e. The van der Waals surface area contributed by atoms with Crippen LogP contribution in [-0.2, 0) is 21.2 Å². The monoisotopic (exact) mass is 441 g/mol. The van der Waals surface area contributed by atoms with E-state index in [1.165, 1.54) is 12.1 Å². The molecule has 0 saturated carbocycles. The predicted octanol–water partition coefficient (Wildman–Crippen LogP) is 2.99. The first-order valence-electron chi connectivity index (χ1n) is 9.17. The molecule has 1 aromatic heterocycles. The minimum absolute atomic E-state index is 0.163. The standard InChI is InChI=1S/C19H27N3O3S3/c1-15-14-27-18(21-15)10-6-7-12-20-19(23)17(11-13-26-2)22-28(24,25)16-8-4-3-5-9-16/h3-5,8-9,14,17,22H,6-7,10-13H2,1-2H3,(H,20,23). The van der Waals surface area contributed by atoms with Crippen LogP contribution in [0.5, 0.6) is 0 Å². The van der Waals surface area contributed by atoms with Gasteiger partial charge >= 0.3 is 0 Å². The Balaban J connectivity index is 1.84. The summed E-state index contributed by atoms with van der Waals surface area (Å²) in [6.45, 7) is 2.50. The van der Waals surface area contributed by atoms with Crippen LogP contribution in [0.2, 0.25) is 0 Å². The van der Waals surface area contributed by atoms with E-state index in [4.69, 9.17) is 0 Å². The maximum atomic E-state index is 12.5. The number of hydrogen-bond acceptors (Lipinski definition) is 6. The molecule has 2 rings (SSSR count). The van der Waals surface area contributed by atoms with Crippen molar-refractivity contribution >= 4 is 39.0 Å². The average molecular weight is 442 g/mol. The van der Waals surface area contributed by atoms with Gasteiger partial charge in [-0.1, -0.05) is 18.2 Å². The normalized spacial score (nSPS) is 12.6. The molecule has 0 aliphatic carbocycles. The number of aromatic nitrogens is 1. The maximum absolute atomic E-state index is 12.5. The summed E-state index contributed by atoms with van der Waals surface area (Å²) in [4.78, 5) is 17.1. The van der Waals surface area contributed by atoms with E-state index in [2.05, 4.69) is 15.0 Å². The summed E-state index contributed by atoms with van der Waals surface area (Å²) in [5.74, 6) is 0.414. The highest BCUT2D eigenvalue weighted by atomic mass is 32.2. The van der Waals surface area contributed by atoms with Gasteiger partial charge in [0.15, 0.2) is 0 Å². The number of aryl methyl sites for hydroxylation is 2. The zero-order valence-electron chi connectivity index (χ0n) is 16.2. The number of hydrogen-bond donors (Lipinski definition) is 2. The molecule has 1 atom stereocenters. The van der Waals surface area contributed by atoms with Crippen molar-refractivity contribution in [1.29, 1.82) is 0 Å². The molecule has 0 radical (unpaired) electrons. The summed E-state index contributed by atoms with van der Waals surface area (Å²) in [6, 6.07) is 7.34. The third-order valence-electron chi connectivity index (χ3n) is 4.06. The second-order valence-electron chi connectivity index (χ2n) is 6.40. The third kappa shape index (κ3) is 7.54. The lowest BCUT2D eigenvalue weighted by Gasteiger charge is -2.18. The molecular formula is C19H27N3O3S3. The topological polar surface area (TPSA) is 88.2 Å². The smallest absolute Gasteiger partial charge is 0.241 e. The number of carbonyl (C=O) groups excluding carboxylic acids is 1. The van der Waals surface area contributed by atoms with Crippen LogP contribution in [0.25, 0.3) is 0 Å². The van der Waals surface area contributed by atoms with Crippen LogP contribution in [0.4, 0.5) is 0 Å². The molecule has 28 heavy (non-hydrogen) atoms. The molecule has 1 aromatic carbocycles. The van der Waals surface area contributed by atoms with Gasteiger partial charge in [-0.3, -0.25) is 4.79 Å². The van der Waals surface area contributed by atoms with Crippen LogP contribution in [0, 0.1) is 6.92 Å². The molecule has 2 aromatic rings. The van der Waals surface area contributed by atoms with Crippen molar-refractivity contribution in [2.45, 2.75) is 43.5 Å². The van der Waals surface area contributed by atoms with Gasteiger partial charge in [-0.05, 0) is 56.7 Å². The molecule has 0 aliphatic rings. The number of nitrogens with zero attached hydrogens (tertiary/aromatic N) is 1. The third-order valence-corrected chi connectivity index (χ3v) is 7.22. The maximum Gasteiger partial charge on any atom is 0.241 e. The first-order valence-corrected chi connectivity index (χ1v) is 12.9. The molecule has 9 heteroatoms. The van der Waals surface area contributed by atoms with Crippen LogP contribution in [-0.4, -0.2) is 43.9 Å². The van der Waals surface area contributed by atoms with Crippen molar-refractivity contribution in [3.63, 3.8) is 0 Å². The van der Waals surface area contributed by atoms with Gasteiger partial charge in [0.25, 0.3) is 0 Å². The average Bonchev–Trinajstić information content (AvgIpc) is 3.10. The summed E-state index contributed by atoms with van der Waals surface area (Å²) in [7, 11) is -3.73. The molecule has 0 aliphatic heterocycles. The van der Waals surface area contributed by atoms with Gasteiger partial charge in [0.1, 0.15) is 6.04 Å². The molecule has 0 fully saturated rings. The number of unbranched alkanes of at least 4 members (excludes halogenated alkanes) is 1.